The monoisotopic (exact) mass is 298 g/mol. The van der Waals surface area contributed by atoms with E-state index in [2.05, 4.69) is 4.72 Å². The summed E-state index contributed by atoms with van der Waals surface area (Å²) < 4.78 is 26.5. The van der Waals surface area contributed by atoms with Gasteiger partial charge in [0.2, 0.25) is 0 Å². The fourth-order valence-corrected chi connectivity index (χ4v) is 3.63. The molecule has 1 N–H and O–H groups in total. The van der Waals surface area contributed by atoms with Crippen molar-refractivity contribution in [2.24, 2.45) is 0 Å². The van der Waals surface area contributed by atoms with Crippen LogP contribution in [0.25, 0.3) is 0 Å². The van der Waals surface area contributed by atoms with E-state index in [1.807, 2.05) is 6.07 Å². The molecule has 92 valence electrons. The molecule has 1 aromatic heterocycles. The van der Waals surface area contributed by atoms with Gasteiger partial charge in [-0.3, -0.25) is 4.72 Å². The van der Waals surface area contributed by atoms with Gasteiger partial charge < -0.3 is 0 Å². The van der Waals surface area contributed by atoms with Crippen LogP contribution in [0.1, 0.15) is 4.88 Å². The summed E-state index contributed by atoms with van der Waals surface area (Å²) in [6, 6.07) is 11.2. The molecule has 2 aromatic rings. The summed E-state index contributed by atoms with van der Waals surface area (Å²) in [4.78, 5) is 0.349. The van der Waals surface area contributed by atoms with Gasteiger partial charge in [0.1, 0.15) is 15.2 Å². The minimum atomic E-state index is -3.66. The van der Waals surface area contributed by atoms with E-state index in [1.54, 1.807) is 18.2 Å². The van der Waals surface area contributed by atoms with E-state index in [4.69, 9.17) is 16.9 Å². The Morgan fingerprint density at radius 3 is 2.67 bits per heavy atom. The Morgan fingerprint density at radius 2 is 2.06 bits per heavy atom. The summed E-state index contributed by atoms with van der Waals surface area (Å²) in [5.74, 6) is 0. The number of anilines is 1. The van der Waals surface area contributed by atoms with Crippen molar-refractivity contribution >= 4 is 38.6 Å². The highest BCUT2D eigenvalue weighted by Crippen LogP contribution is 2.24. The summed E-state index contributed by atoms with van der Waals surface area (Å²) in [6.07, 6.45) is 0. The molecular formula is C11H7ClN2O2S2. The maximum atomic E-state index is 12.0. The molecule has 1 heterocycles. The average Bonchev–Trinajstić information content (AvgIpc) is 2.77. The van der Waals surface area contributed by atoms with Crippen LogP contribution in [-0.2, 0) is 10.0 Å². The fourth-order valence-electron chi connectivity index (χ4n) is 1.28. The molecule has 0 unspecified atom stereocenters. The third kappa shape index (κ3) is 2.82. The van der Waals surface area contributed by atoms with Crippen molar-refractivity contribution < 1.29 is 8.42 Å². The van der Waals surface area contributed by atoms with Crippen LogP contribution in [0, 0.1) is 11.3 Å². The predicted octanol–water partition coefficient (Wildman–Crippen LogP) is 3.07. The first-order valence-electron chi connectivity index (χ1n) is 4.79. The number of nitrogens with one attached hydrogen (secondary N) is 1. The quantitative estimate of drug-likeness (QED) is 0.946. The van der Waals surface area contributed by atoms with Crippen LogP contribution in [0.15, 0.2) is 40.6 Å². The largest absolute Gasteiger partial charge is 0.279 e. The van der Waals surface area contributed by atoms with Crippen LogP contribution < -0.4 is 4.72 Å². The number of rotatable bonds is 3. The lowest BCUT2D eigenvalue weighted by atomic mass is 10.3. The standard InChI is InChI=1S/C11H7ClN2O2S2/c12-8-2-1-3-9(6-8)14-18(15,16)11-5-4-10(7-13)17-11/h1-6,14H. The minimum Gasteiger partial charge on any atom is -0.279 e. The van der Waals surface area contributed by atoms with Gasteiger partial charge >= 0.3 is 0 Å². The van der Waals surface area contributed by atoms with Crippen molar-refractivity contribution in [3.8, 4) is 6.07 Å². The van der Waals surface area contributed by atoms with Crippen LogP contribution in [0.5, 0.6) is 0 Å². The Balaban J connectivity index is 2.30. The van der Waals surface area contributed by atoms with Crippen LogP contribution in [0.4, 0.5) is 5.69 Å². The predicted molar refractivity (Wildman–Crippen MR) is 71.3 cm³/mol. The van der Waals surface area contributed by atoms with E-state index in [0.29, 0.717) is 15.6 Å². The second-order valence-electron chi connectivity index (χ2n) is 3.35. The molecule has 0 amide bonds. The molecule has 0 spiro atoms. The first-order valence-corrected chi connectivity index (χ1v) is 7.47. The SMILES string of the molecule is N#Cc1ccc(S(=O)(=O)Nc2cccc(Cl)c2)s1. The number of hydrogen-bond donors (Lipinski definition) is 1. The summed E-state index contributed by atoms with van der Waals surface area (Å²) in [5, 5.41) is 9.11. The molecule has 0 aliphatic rings. The third-order valence-corrected chi connectivity index (χ3v) is 5.13. The summed E-state index contributed by atoms with van der Waals surface area (Å²) >= 11 is 6.69. The highest BCUT2D eigenvalue weighted by Gasteiger charge is 2.17. The first-order chi connectivity index (χ1) is 8.51. The number of sulfonamides is 1. The molecule has 4 nitrogen and oxygen atoms in total. The zero-order valence-electron chi connectivity index (χ0n) is 8.92. The van der Waals surface area contributed by atoms with E-state index in [-0.39, 0.29) is 4.21 Å². The Kier molecular flexibility index (Phi) is 3.57. The summed E-state index contributed by atoms with van der Waals surface area (Å²) in [7, 11) is -3.66. The van der Waals surface area contributed by atoms with E-state index in [9.17, 15) is 8.42 Å². The molecule has 0 aliphatic carbocycles. The lowest BCUT2D eigenvalue weighted by Gasteiger charge is -2.05. The third-order valence-electron chi connectivity index (χ3n) is 2.03. The van der Waals surface area contributed by atoms with E-state index < -0.39 is 10.0 Å². The molecule has 2 rings (SSSR count). The van der Waals surface area contributed by atoms with E-state index in [0.717, 1.165) is 11.3 Å². The molecule has 18 heavy (non-hydrogen) atoms. The maximum absolute atomic E-state index is 12.0. The molecule has 0 saturated heterocycles. The number of nitrogens with zero attached hydrogens (tertiary/aromatic N) is 1. The lowest BCUT2D eigenvalue weighted by Crippen LogP contribution is -2.11. The highest BCUT2D eigenvalue weighted by molar-refractivity contribution is 7.94. The minimum absolute atomic E-state index is 0.0963. The van der Waals surface area contributed by atoms with Crippen molar-refractivity contribution in [2.75, 3.05) is 4.72 Å². The van der Waals surface area contributed by atoms with Crippen molar-refractivity contribution in [3.63, 3.8) is 0 Å². The van der Waals surface area contributed by atoms with Crippen molar-refractivity contribution in [1.82, 2.24) is 0 Å². The smallest absolute Gasteiger partial charge is 0.271 e. The molecule has 0 bridgehead atoms. The van der Waals surface area contributed by atoms with Crippen LogP contribution in [0.3, 0.4) is 0 Å². The molecule has 1 aromatic carbocycles. The number of benzene rings is 1. The molecule has 0 saturated carbocycles. The zero-order chi connectivity index (χ0) is 13.2. The summed E-state index contributed by atoms with van der Waals surface area (Å²) in [5.41, 5.74) is 0.384. The Morgan fingerprint density at radius 1 is 1.28 bits per heavy atom. The number of nitriles is 1. The van der Waals surface area contributed by atoms with Gasteiger partial charge in [-0.2, -0.15) is 5.26 Å². The van der Waals surface area contributed by atoms with Crippen molar-refractivity contribution in [3.05, 3.63) is 46.3 Å². The molecule has 0 atom stereocenters. The molecule has 7 heteroatoms. The van der Waals surface area contributed by atoms with Gasteiger partial charge in [-0.15, -0.1) is 11.3 Å². The number of hydrogen-bond acceptors (Lipinski definition) is 4. The number of halogens is 1. The fraction of sp³-hybridized carbons (Fsp3) is 0. The molecule has 0 aliphatic heterocycles. The zero-order valence-corrected chi connectivity index (χ0v) is 11.3. The van der Waals surface area contributed by atoms with E-state index in [1.165, 1.54) is 18.2 Å². The highest BCUT2D eigenvalue weighted by atomic mass is 35.5. The van der Waals surface area contributed by atoms with Gasteiger partial charge in [0.05, 0.1) is 5.69 Å². The first kappa shape index (κ1) is 12.9. The molecule has 0 radical (unpaired) electrons. The maximum Gasteiger partial charge on any atom is 0.271 e. The van der Waals surface area contributed by atoms with Gasteiger partial charge in [-0.1, -0.05) is 17.7 Å². The lowest BCUT2D eigenvalue weighted by molar-refractivity contribution is 0.603. The second-order valence-corrected chi connectivity index (χ2v) is 6.78. The Bertz CT molecular complexity index is 717. The summed E-state index contributed by atoms with van der Waals surface area (Å²) in [6.45, 7) is 0. The second kappa shape index (κ2) is 4.98. The molecular weight excluding hydrogens is 292 g/mol. The van der Waals surface area contributed by atoms with Gasteiger partial charge in [-0.05, 0) is 30.3 Å². The van der Waals surface area contributed by atoms with Crippen molar-refractivity contribution in [1.29, 1.82) is 5.26 Å². The average molecular weight is 299 g/mol. The van der Waals surface area contributed by atoms with Crippen LogP contribution in [0.2, 0.25) is 5.02 Å². The van der Waals surface area contributed by atoms with Gasteiger partial charge in [0.25, 0.3) is 10.0 Å². The van der Waals surface area contributed by atoms with Crippen LogP contribution in [-0.4, -0.2) is 8.42 Å². The van der Waals surface area contributed by atoms with Gasteiger partial charge in [-0.25, -0.2) is 8.42 Å². The van der Waals surface area contributed by atoms with Crippen LogP contribution >= 0.6 is 22.9 Å². The normalized spacial score (nSPS) is 10.9. The van der Waals surface area contributed by atoms with Gasteiger partial charge in [0, 0.05) is 5.02 Å². The Hall–Kier alpha value is -1.55. The van der Waals surface area contributed by atoms with Gasteiger partial charge in [0.15, 0.2) is 0 Å². The van der Waals surface area contributed by atoms with E-state index >= 15 is 0 Å². The topological polar surface area (TPSA) is 70.0 Å². The Labute approximate surface area is 114 Å². The number of thiophene rings is 1. The van der Waals surface area contributed by atoms with Crippen molar-refractivity contribution in [2.45, 2.75) is 4.21 Å². The molecule has 0 fully saturated rings.